The predicted molar refractivity (Wildman–Crippen MR) is 60.5 cm³/mol. The molecule has 0 fully saturated rings. The molecule has 17 heavy (non-hydrogen) atoms. The van der Waals surface area contributed by atoms with Crippen molar-refractivity contribution in [3.8, 4) is 6.07 Å². The van der Waals surface area contributed by atoms with Crippen LogP contribution in [-0.2, 0) is 14.1 Å². The molecule has 2 heterocycles. The third-order valence-electron chi connectivity index (χ3n) is 2.78. The summed E-state index contributed by atoms with van der Waals surface area (Å²) in [5, 5.41) is 8.87. The zero-order valence-electron chi connectivity index (χ0n) is 9.71. The van der Waals surface area contributed by atoms with Gasteiger partial charge in [-0.3, -0.25) is 13.9 Å². The number of nitriles is 1. The van der Waals surface area contributed by atoms with Crippen LogP contribution in [-0.4, -0.2) is 18.7 Å². The smallest absolute Gasteiger partial charge is 0.308 e. The van der Waals surface area contributed by atoms with Crippen LogP contribution in [0.25, 0.3) is 11.2 Å². The van der Waals surface area contributed by atoms with E-state index >= 15 is 0 Å². The first kappa shape index (κ1) is 11.1. The van der Waals surface area contributed by atoms with Gasteiger partial charge in [0.2, 0.25) is 0 Å². The molecule has 7 nitrogen and oxygen atoms in total. The minimum absolute atomic E-state index is 0.267. The molecule has 2 rings (SSSR count). The Bertz CT molecular complexity index is 743. The molecule has 0 aliphatic rings. The Morgan fingerprint density at radius 2 is 2.00 bits per heavy atom. The number of aromatic nitrogens is 4. The number of rotatable bonds is 1. The standard InChI is InChI=1S/C10H11N5O2/c1-6(4-11)15-5-12-8-7(15)9(16)14(3)10(17)13(8)2/h5-6H,1-3H3/t6-/m0/s1. The van der Waals surface area contributed by atoms with Crippen molar-refractivity contribution in [2.45, 2.75) is 13.0 Å². The number of nitrogens with zero attached hydrogens (tertiary/aromatic N) is 5. The molecule has 0 spiro atoms. The first-order chi connectivity index (χ1) is 7.99. The lowest BCUT2D eigenvalue weighted by Crippen LogP contribution is -2.37. The SMILES string of the molecule is C[C@@H](C#N)n1cnc2c1c(=O)n(C)c(=O)n2C. The van der Waals surface area contributed by atoms with E-state index in [0.29, 0.717) is 5.65 Å². The third kappa shape index (κ3) is 1.38. The van der Waals surface area contributed by atoms with Crippen molar-refractivity contribution in [1.29, 1.82) is 5.26 Å². The highest BCUT2D eigenvalue weighted by Gasteiger charge is 2.16. The van der Waals surface area contributed by atoms with Gasteiger partial charge in [-0.05, 0) is 6.92 Å². The first-order valence-electron chi connectivity index (χ1n) is 5.01. The van der Waals surface area contributed by atoms with Crippen molar-refractivity contribution in [1.82, 2.24) is 18.7 Å². The van der Waals surface area contributed by atoms with Gasteiger partial charge in [-0.25, -0.2) is 9.78 Å². The number of imidazole rings is 1. The van der Waals surface area contributed by atoms with Crippen molar-refractivity contribution in [2.75, 3.05) is 0 Å². The molecule has 0 saturated heterocycles. The highest BCUT2D eigenvalue weighted by molar-refractivity contribution is 5.70. The number of fused-ring (bicyclic) bond motifs is 1. The molecule has 2 aromatic heterocycles. The summed E-state index contributed by atoms with van der Waals surface area (Å²) in [6.07, 6.45) is 1.40. The van der Waals surface area contributed by atoms with Gasteiger partial charge in [-0.1, -0.05) is 0 Å². The maximum atomic E-state index is 12.0. The molecule has 0 radical (unpaired) electrons. The summed E-state index contributed by atoms with van der Waals surface area (Å²) in [4.78, 5) is 27.7. The lowest BCUT2D eigenvalue weighted by atomic mass is 10.3. The summed E-state index contributed by atoms with van der Waals surface area (Å²) < 4.78 is 3.76. The highest BCUT2D eigenvalue weighted by atomic mass is 16.2. The Morgan fingerprint density at radius 3 is 2.59 bits per heavy atom. The summed E-state index contributed by atoms with van der Waals surface area (Å²) >= 11 is 0. The van der Waals surface area contributed by atoms with Crippen molar-refractivity contribution in [3.05, 3.63) is 27.2 Å². The summed E-state index contributed by atoms with van der Waals surface area (Å²) in [5.74, 6) is 0. The lowest BCUT2D eigenvalue weighted by molar-refractivity contribution is 0.672. The number of hydrogen-bond acceptors (Lipinski definition) is 4. The Labute approximate surface area is 96.2 Å². The minimum Gasteiger partial charge on any atom is -0.308 e. The average molecular weight is 233 g/mol. The molecule has 0 unspecified atom stereocenters. The van der Waals surface area contributed by atoms with Gasteiger partial charge in [0.25, 0.3) is 5.56 Å². The molecular weight excluding hydrogens is 222 g/mol. The fraction of sp³-hybridized carbons (Fsp3) is 0.400. The van der Waals surface area contributed by atoms with E-state index in [1.54, 1.807) is 14.0 Å². The molecular formula is C10H11N5O2. The van der Waals surface area contributed by atoms with Crippen molar-refractivity contribution < 1.29 is 0 Å². The molecule has 0 aromatic carbocycles. The van der Waals surface area contributed by atoms with Crippen LogP contribution in [0.4, 0.5) is 0 Å². The maximum Gasteiger partial charge on any atom is 0.332 e. The second-order valence-electron chi connectivity index (χ2n) is 3.83. The summed E-state index contributed by atoms with van der Waals surface area (Å²) in [5.41, 5.74) is -0.316. The molecule has 7 heteroatoms. The van der Waals surface area contributed by atoms with Gasteiger partial charge in [-0.2, -0.15) is 5.26 Å². The van der Waals surface area contributed by atoms with Gasteiger partial charge < -0.3 is 4.57 Å². The topological polar surface area (TPSA) is 85.6 Å². The average Bonchev–Trinajstić information content (AvgIpc) is 2.77. The molecule has 0 amide bonds. The Kier molecular flexibility index (Phi) is 2.35. The molecule has 2 aromatic rings. The number of aryl methyl sites for hydroxylation is 1. The van der Waals surface area contributed by atoms with E-state index in [9.17, 15) is 9.59 Å². The lowest BCUT2D eigenvalue weighted by Gasteiger charge is -2.07. The largest absolute Gasteiger partial charge is 0.332 e. The monoisotopic (exact) mass is 233 g/mol. The summed E-state index contributed by atoms with van der Waals surface area (Å²) in [6, 6.07) is 1.52. The zero-order valence-corrected chi connectivity index (χ0v) is 9.71. The van der Waals surface area contributed by atoms with E-state index in [1.165, 1.54) is 22.5 Å². The van der Waals surface area contributed by atoms with E-state index in [1.807, 2.05) is 6.07 Å². The Balaban J connectivity index is 3.02. The molecule has 0 saturated carbocycles. The maximum absolute atomic E-state index is 12.0. The predicted octanol–water partition coefficient (Wildman–Crippen LogP) is -0.482. The Morgan fingerprint density at radius 1 is 1.35 bits per heavy atom. The van der Waals surface area contributed by atoms with Crippen LogP contribution in [0.15, 0.2) is 15.9 Å². The van der Waals surface area contributed by atoms with E-state index < -0.39 is 17.3 Å². The van der Waals surface area contributed by atoms with Crippen LogP contribution in [0.1, 0.15) is 13.0 Å². The second-order valence-corrected chi connectivity index (χ2v) is 3.83. The fourth-order valence-electron chi connectivity index (χ4n) is 1.72. The summed E-state index contributed by atoms with van der Waals surface area (Å²) in [7, 11) is 2.94. The van der Waals surface area contributed by atoms with Crippen LogP contribution in [0, 0.1) is 11.3 Å². The van der Waals surface area contributed by atoms with Gasteiger partial charge in [-0.15, -0.1) is 0 Å². The second kappa shape index (κ2) is 3.59. The van der Waals surface area contributed by atoms with Crippen LogP contribution in [0.3, 0.4) is 0 Å². The molecule has 1 atom stereocenters. The Hall–Kier alpha value is -2.36. The van der Waals surface area contributed by atoms with Crippen molar-refractivity contribution >= 4 is 11.2 Å². The molecule has 0 aliphatic heterocycles. The molecule has 0 bridgehead atoms. The van der Waals surface area contributed by atoms with Crippen molar-refractivity contribution in [3.63, 3.8) is 0 Å². The summed E-state index contributed by atoms with van der Waals surface area (Å²) in [6.45, 7) is 1.66. The van der Waals surface area contributed by atoms with E-state index in [-0.39, 0.29) is 5.52 Å². The molecule has 88 valence electrons. The van der Waals surface area contributed by atoms with Gasteiger partial charge in [0, 0.05) is 14.1 Å². The van der Waals surface area contributed by atoms with E-state index in [4.69, 9.17) is 5.26 Å². The van der Waals surface area contributed by atoms with Gasteiger partial charge in [0.15, 0.2) is 11.2 Å². The van der Waals surface area contributed by atoms with Crippen LogP contribution in [0.2, 0.25) is 0 Å². The third-order valence-corrected chi connectivity index (χ3v) is 2.78. The van der Waals surface area contributed by atoms with Crippen LogP contribution < -0.4 is 11.2 Å². The van der Waals surface area contributed by atoms with E-state index in [2.05, 4.69) is 4.98 Å². The highest BCUT2D eigenvalue weighted by Crippen LogP contribution is 2.11. The van der Waals surface area contributed by atoms with Crippen LogP contribution >= 0.6 is 0 Å². The van der Waals surface area contributed by atoms with Gasteiger partial charge >= 0.3 is 5.69 Å². The zero-order chi connectivity index (χ0) is 12.7. The fourth-order valence-corrected chi connectivity index (χ4v) is 1.72. The van der Waals surface area contributed by atoms with Gasteiger partial charge in [0.1, 0.15) is 6.04 Å². The quantitative estimate of drug-likeness (QED) is 0.665. The van der Waals surface area contributed by atoms with Crippen LogP contribution in [0.5, 0.6) is 0 Å². The van der Waals surface area contributed by atoms with E-state index in [0.717, 1.165) is 4.57 Å². The molecule has 0 N–H and O–H groups in total. The van der Waals surface area contributed by atoms with Gasteiger partial charge in [0.05, 0.1) is 12.4 Å². The minimum atomic E-state index is -0.509. The first-order valence-corrected chi connectivity index (χ1v) is 5.01. The number of hydrogen-bond donors (Lipinski definition) is 0. The normalized spacial score (nSPS) is 12.6. The van der Waals surface area contributed by atoms with Crippen molar-refractivity contribution in [2.24, 2.45) is 14.1 Å². The molecule has 0 aliphatic carbocycles.